The minimum atomic E-state index is 0.215. The highest BCUT2D eigenvalue weighted by Gasteiger charge is 2.31. The number of nitrogens with zero attached hydrogens (tertiary/aromatic N) is 2. The molecule has 5 nitrogen and oxygen atoms in total. The third-order valence-corrected chi connectivity index (χ3v) is 3.64. The van der Waals surface area contributed by atoms with Crippen LogP contribution in [0.15, 0.2) is 0 Å². The highest BCUT2D eigenvalue weighted by molar-refractivity contribution is 5.78. The monoisotopic (exact) mass is 255 g/mol. The molecule has 18 heavy (non-hydrogen) atoms. The topological polar surface area (TPSA) is 44.8 Å². The van der Waals surface area contributed by atoms with E-state index < -0.39 is 0 Å². The summed E-state index contributed by atoms with van der Waals surface area (Å²) in [4.78, 5) is 16.2. The minimum Gasteiger partial charge on any atom is -0.374 e. The van der Waals surface area contributed by atoms with Crippen LogP contribution in [0.5, 0.6) is 0 Å². The number of hydrogen-bond acceptors (Lipinski definition) is 4. The van der Waals surface area contributed by atoms with Gasteiger partial charge in [0.05, 0.1) is 19.3 Å². The van der Waals surface area contributed by atoms with E-state index in [9.17, 15) is 4.79 Å². The summed E-state index contributed by atoms with van der Waals surface area (Å²) in [6, 6.07) is 0.515. The largest absolute Gasteiger partial charge is 0.374 e. The van der Waals surface area contributed by atoms with Gasteiger partial charge in [0.15, 0.2) is 0 Å². The lowest BCUT2D eigenvalue weighted by atomic mass is 10.3. The maximum absolute atomic E-state index is 12.0. The molecule has 0 aromatic carbocycles. The zero-order valence-electron chi connectivity index (χ0n) is 11.5. The van der Waals surface area contributed by atoms with Gasteiger partial charge in [0, 0.05) is 32.2 Å². The Morgan fingerprint density at radius 3 is 2.89 bits per heavy atom. The highest BCUT2D eigenvalue weighted by Crippen LogP contribution is 2.26. The third-order valence-electron chi connectivity index (χ3n) is 3.64. The fourth-order valence-electron chi connectivity index (χ4n) is 2.46. The molecule has 2 rings (SSSR count). The van der Waals surface area contributed by atoms with Crippen LogP contribution < -0.4 is 5.32 Å². The molecular formula is C13H25N3O2. The first-order valence-corrected chi connectivity index (χ1v) is 7.01. The van der Waals surface area contributed by atoms with Crippen molar-refractivity contribution < 1.29 is 9.53 Å². The predicted octanol–water partition coefficient (Wildman–Crippen LogP) is -0.0825. The van der Waals surface area contributed by atoms with E-state index in [0.717, 1.165) is 32.8 Å². The number of morpholine rings is 1. The highest BCUT2D eigenvalue weighted by atomic mass is 16.5. The lowest BCUT2D eigenvalue weighted by molar-refractivity contribution is -0.130. The predicted molar refractivity (Wildman–Crippen MR) is 70.5 cm³/mol. The van der Waals surface area contributed by atoms with Crippen LogP contribution in [-0.4, -0.2) is 74.2 Å². The van der Waals surface area contributed by atoms with Gasteiger partial charge in [-0.05, 0) is 26.8 Å². The number of ether oxygens (including phenoxy) is 1. The number of amides is 1. The second kappa shape index (κ2) is 6.50. The molecule has 5 heteroatoms. The van der Waals surface area contributed by atoms with Crippen molar-refractivity contribution in [3.05, 3.63) is 0 Å². The lowest BCUT2D eigenvalue weighted by Gasteiger charge is -2.30. The summed E-state index contributed by atoms with van der Waals surface area (Å²) in [7, 11) is 2.10. The van der Waals surface area contributed by atoms with Crippen LogP contribution in [0.3, 0.4) is 0 Å². The van der Waals surface area contributed by atoms with Gasteiger partial charge in [0.25, 0.3) is 0 Å². The van der Waals surface area contributed by atoms with Crippen molar-refractivity contribution in [2.75, 3.05) is 46.4 Å². The minimum absolute atomic E-state index is 0.215. The van der Waals surface area contributed by atoms with Crippen molar-refractivity contribution >= 4 is 5.91 Å². The number of carbonyl (C=O) groups is 1. The van der Waals surface area contributed by atoms with Crippen LogP contribution in [0.2, 0.25) is 0 Å². The van der Waals surface area contributed by atoms with Crippen LogP contribution in [0.25, 0.3) is 0 Å². The van der Waals surface area contributed by atoms with E-state index in [1.807, 2.05) is 4.90 Å². The molecular weight excluding hydrogens is 230 g/mol. The Morgan fingerprint density at radius 1 is 1.50 bits per heavy atom. The number of nitrogens with one attached hydrogen (secondary N) is 1. The zero-order valence-corrected chi connectivity index (χ0v) is 11.5. The first-order valence-electron chi connectivity index (χ1n) is 7.01. The number of rotatable bonds is 6. The molecule has 1 unspecified atom stereocenters. The fourth-order valence-corrected chi connectivity index (χ4v) is 2.46. The lowest BCUT2D eigenvalue weighted by Crippen LogP contribution is -2.47. The molecule has 0 spiro atoms. The molecule has 1 atom stereocenters. The van der Waals surface area contributed by atoms with Gasteiger partial charge in [0.2, 0.25) is 5.91 Å². The van der Waals surface area contributed by atoms with Gasteiger partial charge < -0.3 is 19.9 Å². The van der Waals surface area contributed by atoms with E-state index in [0.29, 0.717) is 12.6 Å². The average molecular weight is 255 g/mol. The second-order valence-electron chi connectivity index (χ2n) is 5.30. The summed E-state index contributed by atoms with van der Waals surface area (Å²) < 4.78 is 5.65. The molecule has 0 radical (unpaired) electrons. The Bertz CT molecular complexity index is 281. The van der Waals surface area contributed by atoms with Gasteiger partial charge in [-0.15, -0.1) is 0 Å². The Morgan fingerprint density at radius 2 is 2.28 bits per heavy atom. The summed E-state index contributed by atoms with van der Waals surface area (Å²) in [5.41, 5.74) is 0. The summed E-state index contributed by atoms with van der Waals surface area (Å²) in [6.07, 6.45) is 2.57. The molecule has 104 valence electrons. The molecule has 1 N–H and O–H groups in total. The van der Waals surface area contributed by atoms with Crippen molar-refractivity contribution in [3.63, 3.8) is 0 Å². The van der Waals surface area contributed by atoms with Crippen LogP contribution in [-0.2, 0) is 9.53 Å². The van der Waals surface area contributed by atoms with E-state index in [-0.39, 0.29) is 12.0 Å². The molecule has 1 aliphatic carbocycles. The van der Waals surface area contributed by atoms with Gasteiger partial charge in [-0.1, -0.05) is 0 Å². The fraction of sp³-hybridized carbons (Fsp3) is 0.923. The molecule has 0 aromatic rings. The first kappa shape index (κ1) is 13.8. The van der Waals surface area contributed by atoms with Crippen LogP contribution >= 0.6 is 0 Å². The first-order chi connectivity index (χ1) is 8.70. The maximum atomic E-state index is 12.0. The summed E-state index contributed by atoms with van der Waals surface area (Å²) in [5, 5.41) is 3.23. The Hall–Kier alpha value is -0.650. The maximum Gasteiger partial charge on any atom is 0.236 e. The van der Waals surface area contributed by atoms with E-state index in [2.05, 4.69) is 24.2 Å². The van der Waals surface area contributed by atoms with Crippen molar-refractivity contribution in [3.8, 4) is 0 Å². The molecule has 1 saturated carbocycles. The summed E-state index contributed by atoms with van der Waals surface area (Å²) >= 11 is 0. The van der Waals surface area contributed by atoms with E-state index in [1.54, 1.807) is 0 Å². The van der Waals surface area contributed by atoms with E-state index >= 15 is 0 Å². The molecule has 1 amide bonds. The van der Waals surface area contributed by atoms with E-state index in [4.69, 9.17) is 4.74 Å². The number of likely N-dealkylation sites (N-methyl/N-ethyl adjacent to an activating group) is 2. The SMILES string of the molecule is CCN(C(=O)CNCC1CN(C)CCO1)C1CC1. The molecule has 1 heterocycles. The summed E-state index contributed by atoms with van der Waals surface area (Å²) in [5.74, 6) is 0.226. The average Bonchev–Trinajstić information content (AvgIpc) is 3.14. The summed E-state index contributed by atoms with van der Waals surface area (Å²) in [6.45, 7) is 6.82. The van der Waals surface area contributed by atoms with Gasteiger partial charge in [-0.2, -0.15) is 0 Å². The van der Waals surface area contributed by atoms with Crippen molar-refractivity contribution in [2.24, 2.45) is 0 Å². The molecule has 0 aromatic heterocycles. The van der Waals surface area contributed by atoms with Gasteiger partial charge in [-0.3, -0.25) is 4.79 Å². The Kier molecular flexibility index (Phi) is 4.97. The van der Waals surface area contributed by atoms with Crippen LogP contribution in [0.1, 0.15) is 19.8 Å². The smallest absolute Gasteiger partial charge is 0.236 e. The third kappa shape index (κ3) is 3.93. The standard InChI is InChI=1S/C13H25N3O2/c1-3-16(11-4-5-11)13(17)9-14-8-12-10-15(2)6-7-18-12/h11-12,14H,3-10H2,1-2H3. The van der Waals surface area contributed by atoms with Gasteiger partial charge in [-0.25, -0.2) is 0 Å². The molecule has 1 aliphatic heterocycles. The quantitative estimate of drug-likeness (QED) is 0.721. The van der Waals surface area contributed by atoms with Crippen molar-refractivity contribution in [1.82, 2.24) is 15.1 Å². The molecule has 1 saturated heterocycles. The Labute approximate surface area is 109 Å². The van der Waals surface area contributed by atoms with Gasteiger partial charge >= 0.3 is 0 Å². The second-order valence-corrected chi connectivity index (χ2v) is 5.30. The van der Waals surface area contributed by atoms with Crippen molar-refractivity contribution in [2.45, 2.75) is 31.9 Å². The van der Waals surface area contributed by atoms with Gasteiger partial charge in [0.1, 0.15) is 0 Å². The molecule has 0 bridgehead atoms. The molecule has 2 aliphatic rings. The van der Waals surface area contributed by atoms with E-state index in [1.165, 1.54) is 12.8 Å². The normalized spacial score (nSPS) is 25.1. The molecule has 2 fully saturated rings. The van der Waals surface area contributed by atoms with Crippen molar-refractivity contribution in [1.29, 1.82) is 0 Å². The number of carbonyl (C=O) groups excluding carboxylic acids is 1. The number of hydrogen-bond donors (Lipinski definition) is 1. The zero-order chi connectivity index (χ0) is 13.0. The Balaban J connectivity index is 1.63. The van der Waals surface area contributed by atoms with Crippen LogP contribution in [0, 0.1) is 0 Å². The van der Waals surface area contributed by atoms with Crippen LogP contribution in [0.4, 0.5) is 0 Å².